The first kappa shape index (κ1) is 13.8. The summed E-state index contributed by atoms with van der Waals surface area (Å²) in [5.74, 6) is 1.02. The van der Waals surface area contributed by atoms with E-state index >= 15 is 0 Å². The molecule has 1 unspecified atom stereocenters. The summed E-state index contributed by atoms with van der Waals surface area (Å²) in [6, 6.07) is 14.7. The zero-order valence-electron chi connectivity index (χ0n) is 12.3. The predicted molar refractivity (Wildman–Crippen MR) is 85.2 cm³/mol. The van der Waals surface area contributed by atoms with Gasteiger partial charge in [0.1, 0.15) is 11.3 Å². The van der Waals surface area contributed by atoms with Gasteiger partial charge in [0.2, 0.25) is 0 Å². The van der Waals surface area contributed by atoms with Gasteiger partial charge in [0.15, 0.2) is 0 Å². The van der Waals surface area contributed by atoms with E-state index in [-0.39, 0.29) is 6.04 Å². The molecule has 0 fully saturated rings. The summed E-state index contributed by atoms with van der Waals surface area (Å²) in [7, 11) is 0. The average molecular weight is 280 g/mol. The average Bonchev–Trinajstić information content (AvgIpc) is 2.96. The highest BCUT2D eigenvalue weighted by Gasteiger charge is 2.15. The summed E-state index contributed by atoms with van der Waals surface area (Å²) in [4.78, 5) is 4.06. The maximum atomic E-state index is 6.00. The van der Waals surface area contributed by atoms with E-state index in [1.807, 2.05) is 30.6 Å². The number of hydrogen-bond donors (Lipinski definition) is 1. The van der Waals surface area contributed by atoms with Crippen molar-refractivity contribution in [1.29, 1.82) is 0 Å². The Bertz CT molecular complexity index is 658. The number of aryl methyl sites for hydroxylation is 1. The van der Waals surface area contributed by atoms with Gasteiger partial charge in [-0.15, -0.1) is 0 Å². The number of pyridine rings is 1. The molecule has 1 N–H and O–H groups in total. The van der Waals surface area contributed by atoms with Crippen LogP contribution in [-0.4, -0.2) is 11.5 Å². The Kier molecular flexibility index (Phi) is 4.31. The van der Waals surface area contributed by atoms with Gasteiger partial charge in [-0.05, 0) is 49.2 Å². The first-order valence-electron chi connectivity index (χ1n) is 7.47. The molecule has 1 aromatic carbocycles. The molecule has 0 aliphatic heterocycles. The first-order valence-corrected chi connectivity index (χ1v) is 7.47. The summed E-state index contributed by atoms with van der Waals surface area (Å²) < 4.78 is 6.00. The number of hydrogen-bond acceptors (Lipinski definition) is 3. The van der Waals surface area contributed by atoms with Gasteiger partial charge in [0, 0.05) is 17.8 Å². The van der Waals surface area contributed by atoms with Crippen LogP contribution in [0.25, 0.3) is 11.0 Å². The molecule has 108 valence electrons. The van der Waals surface area contributed by atoms with E-state index in [9.17, 15) is 0 Å². The Balaban J connectivity index is 1.77. The lowest BCUT2D eigenvalue weighted by atomic mass is 10.0. The number of nitrogens with one attached hydrogen (secondary N) is 1. The van der Waals surface area contributed by atoms with E-state index in [0.29, 0.717) is 0 Å². The van der Waals surface area contributed by atoms with Crippen molar-refractivity contribution in [2.24, 2.45) is 0 Å². The Morgan fingerprint density at radius 1 is 1.14 bits per heavy atom. The summed E-state index contributed by atoms with van der Waals surface area (Å²) in [6.07, 6.45) is 5.71. The minimum absolute atomic E-state index is 0.246. The van der Waals surface area contributed by atoms with Crippen molar-refractivity contribution < 1.29 is 4.42 Å². The SMILES string of the molecule is CCNC(CCc1ccncc1)c1cc2ccccc2o1. The second-order valence-electron chi connectivity index (χ2n) is 5.19. The molecule has 0 spiro atoms. The summed E-state index contributed by atoms with van der Waals surface area (Å²) in [6.45, 7) is 3.06. The van der Waals surface area contributed by atoms with E-state index in [0.717, 1.165) is 30.7 Å². The number of fused-ring (bicyclic) bond motifs is 1. The molecule has 0 saturated carbocycles. The van der Waals surface area contributed by atoms with Crippen molar-refractivity contribution in [3.8, 4) is 0 Å². The molecule has 21 heavy (non-hydrogen) atoms. The van der Waals surface area contributed by atoms with Crippen LogP contribution in [0.2, 0.25) is 0 Å². The van der Waals surface area contributed by atoms with E-state index in [1.165, 1.54) is 10.9 Å². The second kappa shape index (κ2) is 6.55. The van der Waals surface area contributed by atoms with E-state index in [2.05, 4.69) is 41.5 Å². The van der Waals surface area contributed by atoms with E-state index in [4.69, 9.17) is 4.42 Å². The molecule has 0 aliphatic carbocycles. The van der Waals surface area contributed by atoms with Gasteiger partial charge in [0.25, 0.3) is 0 Å². The molecule has 3 rings (SSSR count). The van der Waals surface area contributed by atoms with Gasteiger partial charge in [0.05, 0.1) is 6.04 Å². The quantitative estimate of drug-likeness (QED) is 0.738. The standard InChI is InChI=1S/C18H20N2O/c1-2-20-16(8-7-14-9-11-19-12-10-14)18-13-15-5-3-4-6-17(15)21-18/h3-6,9-13,16,20H,2,7-8H2,1H3. The monoisotopic (exact) mass is 280 g/mol. The van der Waals surface area contributed by atoms with Gasteiger partial charge in [-0.25, -0.2) is 0 Å². The van der Waals surface area contributed by atoms with Crippen molar-refractivity contribution in [2.45, 2.75) is 25.8 Å². The number of para-hydroxylation sites is 1. The third-order valence-electron chi connectivity index (χ3n) is 3.71. The molecule has 2 aromatic heterocycles. The minimum atomic E-state index is 0.246. The fourth-order valence-electron chi connectivity index (χ4n) is 2.63. The lowest BCUT2D eigenvalue weighted by molar-refractivity contribution is 0.417. The fraction of sp³-hybridized carbons (Fsp3) is 0.278. The number of nitrogens with zero attached hydrogens (tertiary/aromatic N) is 1. The smallest absolute Gasteiger partial charge is 0.134 e. The highest BCUT2D eigenvalue weighted by Crippen LogP contribution is 2.26. The van der Waals surface area contributed by atoms with Crippen molar-refractivity contribution in [3.63, 3.8) is 0 Å². The molecule has 0 saturated heterocycles. The Labute approximate surface area is 125 Å². The fourth-order valence-corrected chi connectivity index (χ4v) is 2.63. The maximum absolute atomic E-state index is 6.00. The number of rotatable bonds is 6. The van der Waals surface area contributed by atoms with E-state index in [1.54, 1.807) is 0 Å². The van der Waals surface area contributed by atoms with Crippen molar-refractivity contribution >= 4 is 11.0 Å². The summed E-state index contributed by atoms with van der Waals surface area (Å²) >= 11 is 0. The van der Waals surface area contributed by atoms with Gasteiger partial charge >= 0.3 is 0 Å². The molecule has 0 radical (unpaired) electrons. The lowest BCUT2D eigenvalue weighted by Gasteiger charge is -2.15. The van der Waals surface area contributed by atoms with Crippen LogP contribution in [0.5, 0.6) is 0 Å². The molecular formula is C18H20N2O. The Morgan fingerprint density at radius 2 is 1.95 bits per heavy atom. The molecule has 0 aliphatic rings. The zero-order chi connectivity index (χ0) is 14.5. The third-order valence-corrected chi connectivity index (χ3v) is 3.71. The minimum Gasteiger partial charge on any atom is -0.459 e. The van der Waals surface area contributed by atoms with E-state index < -0.39 is 0 Å². The van der Waals surface area contributed by atoms with Crippen LogP contribution in [0, 0.1) is 0 Å². The number of aromatic nitrogens is 1. The molecule has 0 amide bonds. The zero-order valence-corrected chi connectivity index (χ0v) is 12.3. The van der Waals surface area contributed by atoms with Crippen LogP contribution in [0.3, 0.4) is 0 Å². The molecule has 3 aromatic rings. The van der Waals surface area contributed by atoms with Crippen LogP contribution in [-0.2, 0) is 6.42 Å². The molecular weight excluding hydrogens is 260 g/mol. The highest BCUT2D eigenvalue weighted by atomic mass is 16.3. The van der Waals surface area contributed by atoms with Gasteiger partial charge in [-0.2, -0.15) is 0 Å². The molecule has 3 heteroatoms. The van der Waals surface area contributed by atoms with Gasteiger partial charge in [-0.3, -0.25) is 4.98 Å². The third kappa shape index (κ3) is 3.31. The molecule has 1 atom stereocenters. The van der Waals surface area contributed by atoms with Crippen LogP contribution in [0.1, 0.15) is 30.7 Å². The Hall–Kier alpha value is -2.13. The molecule has 0 bridgehead atoms. The second-order valence-corrected chi connectivity index (χ2v) is 5.19. The van der Waals surface area contributed by atoms with Crippen LogP contribution >= 0.6 is 0 Å². The van der Waals surface area contributed by atoms with Crippen LogP contribution in [0.15, 0.2) is 59.3 Å². The number of benzene rings is 1. The normalized spacial score (nSPS) is 12.6. The Morgan fingerprint density at radius 3 is 2.71 bits per heavy atom. The van der Waals surface area contributed by atoms with Crippen LogP contribution in [0.4, 0.5) is 0 Å². The highest BCUT2D eigenvalue weighted by molar-refractivity contribution is 5.77. The lowest BCUT2D eigenvalue weighted by Crippen LogP contribution is -2.21. The summed E-state index contributed by atoms with van der Waals surface area (Å²) in [5.41, 5.74) is 2.27. The largest absolute Gasteiger partial charge is 0.459 e. The maximum Gasteiger partial charge on any atom is 0.134 e. The van der Waals surface area contributed by atoms with Gasteiger partial charge < -0.3 is 9.73 Å². The van der Waals surface area contributed by atoms with Gasteiger partial charge in [-0.1, -0.05) is 25.1 Å². The topological polar surface area (TPSA) is 38.1 Å². The predicted octanol–water partition coefficient (Wildman–Crippen LogP) is 4.11. The first-order chi connectivity index (χ1) is 10.4. The van der Waals surface area contributed by atoms with Crippen molar-refractivity contribution in [3.05, 3.63) is 66.2 Å². The number of furan rings is 1. The van der Waals surface area contributed by atoms with Crippen molar-refractivity contribution in [1.82, 2.24) is 10.3 Å². The molecule has 3 nitrogen and oxygen atoms in total. The van der Waals surface area contributed by atoms with Crippen LogP contribution < -0.4 is 5.32 Å². The molecule has 2 heterocycles. The summed E-state index contributed by atoms with van der Waals surface area (Å²) in [5, 5.41) is 4.69. The van der Waals surface area contributed by atoms with Crippen molar-refractivity contribution in [2.75, 3.05) is 6.54 Å².